The largest absolute Gasteiger partial charge is 0.369 e. The van der Waals surface area contributed by atoms with Crippen molar-refractivity contribution in [2.75, 3.05) is 6.54 Å². The SMILES string of the molecule is CCN(Cc1ccccc1)C(=O)CC(N)=O. The lowest BCUT2D eigenvalue weighted by atomic mass is 10.2. The third kappa shape index (κ3) is 3.73. The molecule has 0 unspecified atom stereocenters. The number of hydrogen-bond acceptors (Lipinski definition) is 2. The molecular weight excluding hydrogens is 204 g/mol. The second-order valence-corrected chi connectivity index (χ2v) is 3.54. The van der Waals surface area contributed by atoms with Crippen LogP contribution in [-0.4, -0.2) is 23.3 Å². The van der Waals surface area contributed by atoms with Gasteiger partial charge in [0.2, 0.25) is 11.8 Å². The van der Waals surface area contributed by atoms with Gasteiger partial charge in [-0.2, -0.15) is 0 Å². The quantitative estimate of drug-likeness (QED) is 0.750. The van der Waals surface area contributed by atoms with Crippen molar-refractivity contribution in [1.82, 2.24) is 4.90 Å². The first kappa shape index (κ1) is 12.2. The van der Waals surface area contributed by atoms with Crippen LogP contribution in [-0.2, 0) is 16.1 Å². The van der Waals surface area contributed by atoms with Gasteiger partial charge >= 0.3 is 0 Å². The molecule has 0 spiro atoms. The molecule has 0 aliphatic rings. The van der Waals surface area contributed by atoms with E-state index < -0.39 is 5.91 Å². The fourth-order valence-electron chi connectivity index (χ4n) is 1.44. The highest BCUT2D eigenvalue weighted by Crippen LogP contribution is 2.05. The standard InChI is InChI=1S/C12H16N2O2/c1-2-14(12(16)8-11(13)15)9-10-6-4-3-5-7-10/h3-7H,2,8-9H2,1H3,(H2,13,15). The molecule has 4 heteroatoms. The Labute approximate surface area is 95.0 Å². The molecule has 0 atom stereocenters. The van der Waals surface area contributed by atoms with E-state index in [4.69, 9.17) is 5.73 Å². The second kappa shape index (κ2) is 5.90. The smallest absolute Gasteiger partial charge is 0.232 e. The van der Waals surface area contributed by atoms with E-state index in [0.717, 1.165) is 5.56 Å². The van der Waals surface area contributed by atoms with Crippen LogP contribution in [0.1, 0.15) is 18.9 Å². The van der Waals surface area contributed by atoms with Gasteiger partial charge in [-0.3, -0.25) is 9.59 Å². The van der Waals surface area contributed by atoms with Crippen LogP contribution in [0.4, 0.5) is 0 Å². The molecule has 0 aliphatic heterocycles. The van der Waals surface area contributed by atoms with Crippen LogP contribution in [0.15, 0.2) is 30.3 Å². The maximum absolute atomic E-state index is 11.6. The van der Waals surface area contributed by atoms with Gasteiger partial charge < -0.3 is 10.6 Å². The van der Waals surface area contributed by atoms with Crippen molar-refractivity contribution in [2.24, 2.45) is 5.73 Å². The van der Waals surface area contributed by atoms with Gasteiger partial charge in [-0.1, -0.05) is 30.3 Å². The van der Waals surface area contributed by atoms with Crippen molar-refractivity contribution < 1.29 is 9.59 Å². The Balaban J connectivity index is 2.62. The predicted molar refractivity (Wildman–Crippen MR) is 61.3 cm³/mol. The molecule has 2 N–H and O–H groups in total. The average molecular weight is 220 g/mol. The van der Waals surface area contributed by atoms with Gasteiger partial charge in [0.05, 0.1) is 0 Å². The monoisotopic (exact) mass is 220 g/mol. The molecule has 0 aromatic heterocycles. The minimum absolute atomic E-state index is 0.222. The van der Waals surface area contributed by atoms with Crippen molar-refractivity contribution in [3.8, 4) is 0 Å². The number of amides is 2. The van der Waals surface area contributed by atoms with Crippen LogP contribution in [0.3, 0.4) is 0 Å². The Morgan fingerprint density at radius 2 is 1.88 bits per heavy atom. The third-order valence-corrected chi connectivity index (χ3v) is 2.28. The molecule has 4 nitrogen and oxygen atoms in total. The Bertz CT molecular complexity index is 363. The zero-order chi connectivity index (χ0) is 12.0. The topological polar surface area (TPSA) is 63.4 Å². The number of nitrogens with zero attached hydrogens (tertiary/aromatic N) is 1. The maximum Gasteiger partial charge on any atom is 0.232 e. The van der Waals surface area contributed by atoms with E-state index in [1.807, 2.05) is 37.3 Å². The summed E-state index contributed by atoms with van der Waals surface area (Å²) in [6.45, 7) is 2.96. The fraction of sp³-hybridized carbons (Fsp3) is 0.333. The fourth-order valence-corrected chi connectivity index (χ4v) is 1.44. The number of primary amides is 1. The summed E-state index contributed by atoms with van der Waals surface area (Å²) in [6, 6.07) is 9.65. The first-order valence-corrected chi connectivity index (χ1v) is 5.23. The summed E-state index contributed by atoms with van der Waals surface area (Å²) >= 11 is 0. The van der Waals surface area contributed by atoms with Gasteiger partial charge in [0.15, 0.2) is 0 Å². The first-order chi connectivity index (χ1) is 7.63. The lowest BCUT2D eigenvalue weighted by Gasteiger charge is -2.20. The zero-order valence-electron chi connectivity index (χ0n) is 9.35. The molecule has 0 heterocycles. The van der Waals surface area contributed by atoms with Crippen molar-refractivity contribution in [2.45, 2.75) is 19.9 Å². The summed E-state index contributed by atoms with van der Waals surface area (Å²) in [6.07, 6.45) is -0.222. The Morgan fingerprint density at radius 3 is 2.38 bits per heavy atom. The van der Waals surface area contributed by atoms with Crippen LogP contribution < -0.4 is 5.73 Å². The lowest BCUT2D eigenvalue weighted by molar-refractivity contribution is -0.135. The Hall–Kier alpha value is -1.84. The van der Waals surface area contributed by atoms with Crippen LogP contribution in [0.2, 0.25) is 0 Å². The molecular formula is C12H16N2O2. The third-order valence-electron chi connectivity index (χ3n) is 2.28. The van der Waals surface area contributed by atoms with E-state index in [1.165, 1.54) is 0 Å². The summed E-state index contributed by atoms with van der Waals surface area (Å²) in [4.78, 5) is 23.9. The number of nitrogens with two attached hydrogens (primary N) is 1. The highest BCUT2D eigenvalue weighted by Gasteiger charge is 2.14. The molecule has 0 fully saturated rings. The molecule has 0 saturated carbocycles. The molecule has 0 aliphatic carbocycles. The molecule has 1 rings (SSSR count). The van der Waals surface area contributed by atoms with Gasteiger partial charge in [-0.15, -0.1) is 0 Å². The molecule has 0 bridgehead atoms. The molecule has 0 saturated heterocycles. The lowest BCUT2D eigenvalue weighted by Crippen LogP contribution is -2.33. The van der Waals surface area contributed by atoms with E-state index in [0.29, 0.717) is 13.1 Å². The van der Waals surface area contributed by atoms with Crippen molar-refractivity contribution >= 4 is 11.8 Å². The van der Waals surface area contributed by atoms with Crippen molar-refractivity contribution in [3.05, 3.63) is 35.9 Å². The van der Waals surface area contributed by atoms with Gasteiger partial charge in [0.1, 0.15) is 6.42 Å². The number of benzene rings is 1. The summed E-state index contributed by atoms with van der Waals surface area (Å²) in [5.41, 5.74) is 6.04. The molecule has 1 aromatic rings. The molecule has 1 aromatic carbocycles. The summed E-state index contributed by atoms with van der Waals surface area (Å²) in [5, 5.41) is 0. The molecule has 0 radical (unpaired) electrons. The van der Waals surface area contributed by atoms with Crippen LogP contribution in [0.25, 0.3) is 0 Å². The second-order valence-electron chi connectivity index (χ2n) is 3.54. The zero-order valence-corrected chi connectivity index (χ0v) is 9.35. The highest BCUT2D eigenvalue weighted by molar-refractivity contribution is 5.96. The normalized spacial score (nSPS) is 9.81. The Kier molecular flexibility index (Phi) is 4.51. The summed E-state index contributed by atoms with van der Waals surface area (Å²) in [5.74, 6) is -0.810. The minimum atomic E-state index is -0.587. The number of carbonyl (C=O) groups is 2. The average Bonchev–Trinajstić information content (AvgIpc) is 2.26. The first-order valence-electron chi connectivity index (χ1n) is 5.23. The molecule has 16 heavy (non-hydrogen) atoms. The van der Waals surface area contributed by atoms with E-state index in [1.54, 1.807) is 4.90 Å². The van der Waals surface area contributed by atoms with E-state index in [-0.39, 0.29) is 12.3 Å². The summed E-state index contributed by atoms with van der Waals surface area (Å²) in [7, 11) is 0. The van der Waals surface area contributed by atoms with E-state index in [9.17, 15) is 9.59 Å². The molecule has 86 valence electrons. The number of hydrogen-bond donors (Lipinski definition) is 1. The van der Waals surface area contributed by atoms with Gasteiger partial charge in [0, 0.05) is 13.1 Å². The van der Waals surface area contributed by atoms with Gasteiger partial charge in [-0.05, 0) is 12.5 Å². The van der Waals surface area contributed by atoms with Crippen LogP contribution >= 0.6 is 0 Å². The maximum atomic E-state index is 11.6. The number of carbonyl (C=O) groups excluding carboxylic acids is 2. The van der Waals surface area contributed by atoms with Crippen molar-refractivity contribution in [3.63, 3.8) is 0 Å². The van der Waals surface area contributed by atoms with Crippen LogP contribution in [0, 0.1) is 0 Å². The van der Waals surface area contributed by atoms with Crippen LogP contribution in [0.5, 0.6) is 0 Å². The van der Waals surface area contributed by atoms with Crippen molar-refractivity contribution in [1.29, 1.82) is 0 Å². The minimum Gasteiger partial charge on any atom is -0.369 e. The molecule has 2 amide bonds. The predicted octanol–water partition coefficient (Wildman–Crippen LogP) is 0.910. The summed E-state index contributed by atoms with van der Waals surface area (Å²) < 4.78 is 0. The van der Waals surface area contributed by atoms with Gasteiger partial charge in [-0.25, -0.2) is 0 Å². The van der Waals surface area contributed by atoms with E-state index >= 15 is 0 Å². The van der Waals surface area contributed by atoms with E-state index in [2.05, 4.69) is 0 Å². The Morgan fingerprint density at radius 1 is 1.25 bits per heavy atom. The van der Waals surface area contributed by atoms with Gasteiger partial charge in [0.25, 0.3) is 0 Å². The number of rotatable bonds is 5. The highest BCUT2D eigenvalue weighted by atomic mass is 16.2.